The monoisotopic (exact) mass is 369 g/mol. The highest BCUT2D eigenvalue weighted by molar-refractivity contribution is 6.01. The molecule has 1 amide bonds. The minimum absolute atomic E-state index is 0.0237. The molecule has 0 aliphatic heterocycles. The van der Waals surface area contributed by atoms with Crippen LogP contribution < -0.4 is 11.2 Å². The number of fused-ring (bicyclic) bond motifs is 3. The Kier molecular flexibility index (Phi) is 4.33. The number of likely N-dealkylation sites (N-methyl/N-ethyl adjacent to an activating group) is 1. The predicted octanol–water partition coefficient (Wildman–Crippen LogP) is 1.63. The molecule has 4 rings (SSSR count). The summed E-state index contributed by atoms with van der Waals surface area (Å²) in [5, 5.41) is 1.14. The SMILES string of the molecule is CN(C)C(=O)Cn1c(=O)c2cnc3[nH]ccc3c2n(C2CCCCC2)c1=O. The van der Waals surface area contributed by atoms with Crippen molar-refractivity contribution in [2.24, 2.45) is 0 Å². The van der Waals surface area contributed by atoms with Crippen molar-refractivity contribution in [1.29, 1.82) is 0 Å². The van der Waals surface area contributed by atoms with E-state index < -0.39 is 11.2 Å². The van der Waals surface area contributed by atoms with Gasteiger partial charge in [0.05, 0.1) is 10.9 Å². The number of aromatic nitrogens is 4. The van der Waals surface area contributed by atoms with E-state index in [9.17, 15) is 14.4 Å². The lowest BCUT2D eigenvalue weighted by Crippen LogP contribution is -2.45. The molecule has 1 aliphatic carbocycles. The lowest BCUT2D eigenvalue weighted by atomic mass is 9.95. The summed E-state index contributed by atoms with van der Waals surface area (Å²) in [7, 11) is 3.22. The third-order valence-electron chi connectivity index (χ3n) is 5.44. The average Bonchev–Trinajstić information content (AvgIpc) is 3.14. The summed E-state index contributed by atoms with van der Waals surface area (Å²) in [6, 6.07) is 1.87. The number of hydrogen-bond donors (Lipinski definition) is 1. The molecule has 0 unspecified atom stereocenters. The van der Waals surface area contributed by atoms with Crippen LogP contribution in [0.25, 0.3) is 21.9 Å². The van der Waals surface area contributed by atoms with Gasteiger partial charge in [-0.15, -0.1) is 0 Å². The zero-order chi connectivity index (χ0) is 19.1. The van der Waals surface area contributed by atoms with Gasteiger partial charge in [0.15, 0.2) is 0 Å². The van der Waals surface area contributed by atoms with Crippen molar-refractivity contribution in [2.75, 3.05) is 14.1 Å². The van der Waals surface area contributed by atoms with Crippen LogP contribution in [0.3, 0.4) is 0 Å². The van der Waals surface area contributed by atoms with E-state index in [1.807, 2.05) is 6.07 Å². The van der Waals surface area contributed by atoms with Crippen LogP contribution in [-0.2, 0) is 11.3 Å². The zero-order valence-corrected chi connectivity index (χ0v) is 15.6. The second-order valence-corrected chi connectivity index (χ2v) is 7.38. The summed E-state index contributed by atoms with van der Waals surface area (Å²) in [6.07, 6.45) is 8.31. The van der Waals surface area contributed by atoms with Crippen LogP contribution in [0.1, 0.15) is 38.1 Å². The van der Waals surface area contributed by atoms with E-state index in [1.165, 1.54) is 11.1 Å². The Balaban J connectivity index is 2.06. The molecule has 27 heavy (non-hydrogen) atoms. The first-order valence-electron chi connectivity index (χ1n) is 9.30. The Labute approximate surface area is 155 Å². The van der Waals surface area contributed by atoms with Gasteiger partial charge in [-0.25, -0.2) is 9.78 Å². The lowest BCUT2D eigenvalue weighted by molar-refractivity contribution is -0.129. The molecule has 142 valence electrons. The number of carbonyl (C=O) groups is 1. The number of H-pyrrole nitrogens is 1. The molecule has 3 heterocycles. The molecular formula is C19H23N5O3. The Morgan fingerprint density at radius 1 is 1.22 bits per heavy atom. The Hall–Kier alpha value is -2.90. The summed E-state index contributed by atoms with van der Waals surface area (Å²) in [5.41, 5.74) is 0.390. The van der Waals surface area contributed by atoms with Crippen LogP contribution in [-0.4, -0.2) is 44.0 Å². The quantitative estimate of drug-likeness (QED) is 0.759. The summed E-state index contributed by atoms with van der Waals surface area (Å²) >= 11 is 0. The van der Waals surface area contributed by atoms with Crippen LogP contribution in [0, 0.1) is 0 Å². The molecule has 0 radical (unpaired) electrons. The van der Waals surface area contributed by atoms with Crippen molar-refractivity contribution in [2.45, 2.75) is 44.7 Å². The third kappa shape index (κ3) is 2.85. The molecule has 8 heteroatoms. The maximum absolute atomic E-state index is 13.4. The number of rotatable bonds is 3. The fourth-order valence-corrected chi connectivity index (χ4v) is 3.96. The van der Waals surface area contributed by atoms with Crippen molar-refractivity contribution >= 4 is 27.8 Å². The summed E-state index contributed by atoms with van der Waals surface area (Å²) in [5.74, 6) is -0.292. The molecule has 8 nitrogen and oxygen atoms in total. The highest BCUT2D eigenvalue weighted by atomic mass is 16.2. The third-order valence-corrected chi connectivity index (χ3v) is 5.44. The smallest absolute Gasteiger partial charge is 0.332 e. The number of nitrogens with zero attached hydrogens (tertiary/aromatic N) is 4. The van der Waals surface area contributed by atoms with Gasteiger partial charge >= 0.3 is 5.69 Å². The van der Waals surface area contributed by atoms with Crippen molar-refractivity contribution in [3.05, 3.63) is 39.3 Å². The van der Waals surface area contributed by atoms with Crippen LogP contribution >= 0.6 is 0 Å². The van der Waals surface area contributed by atoms with E-state index in [0.717, 1.165) is 42.1 Å². The molecule has 0 bridgehead atoms. The van der Waals surface area contributed by atoms with Gasteiger partial charge < -0.3 is 9.88 Å². The number of aromatic amines is 1. The van der Waals surface area contributed by atoms with E-state index in [2.05, 4.69) is 9.97 Å². The highest BCUT2D eigenvalue weighted by Crippen LogP contribution is 2.30. The average molecular weight is 369 g/mol. The van der Waals surface area contributed by atoms with Gasteiger partial charge in [0.25, 0.3) is 5.56 Å². The van der Waals surface area contributed by atoms with Crippen LogP contribution in [0.2, 0.25) is 0 Å². The molecule has 1 aliphatic rings. The molecular weight excluding hydrogens is 346 g/mol. The zero-order valence-electron chi connectivity index (χ0n) is 15.6. The van der Waals surface area contributed by atoms with Gasteiger partial charge in [0.1, 0.15) is 12.2 Å². The second-order valence-electron chi connectivity index (χ2n) is 7.38. The van der Waals surface area contributed by atoms with Gasteiger partial charge in [-0.1, -0.05) is 19.3 Å². The summed E-state index contributed by atoms with van der Waals surface area (Å²) < 4.78 is 2.79. The molecule has 1 fully saturated rings. The molecule has 0 aromatic carbocycles. The maximum Gasteiger partial charge on any atom is 0.332 e. The molecule has 1 saturated carbocycles. The second kappa shape index (κ2) is 6.68. The normalized spacial score (nSPS) is 15.5. The predicted molar refractivity (Wildman–Crippen MR) is 103 cm³/mol. The standard InChI is InChI=1S/C19H23N5O3/c1-22(2)15(25)11-23-18(26)14-10-21-17-13(8-9-20-17)16(14)24(19(23)27)12-6-4-3-5-7-12/h8-10,12H,3-7,11H2,1-2H3,(H,20,21). The van der Waals surface area contributed by atoms with Gasteiger partial charge in [-0.3, -0.25) is 18.7 Å². The lowest BCUT2D eigenvalue weighted by Gasteiger charge is -2.26. The van der Waals surface area contributed by atoms with Gasteiger partial charge in [-0.2, -0.15) is 0 Å². The number of carbonyl (C=O) groups excluding carboxylic acids is 1. The Morgan fingerprint density at radius 3 is 2.67 bits per heavy atom. The Bertz CT molecular complexity index is 1130. The number of amides is 1. The first-order chi connectivity index (χ1) is 13.0. The fourth-order valence-electron chi connectivity index (χ4n) is 3.96. The van der Waals surface area contributed by atoms with E-state index in [1.54, 1.807) is 24.9 Å². The fraction of sp³-hybridized carbons (Fsp3) is 0.474. The van der Waals surface area contributed by atoms with Gasteiger partial charge in [0, 0.05) is 37.9 Å². The van der Waals surface area contributed by atoms with E-state index in [4.69, 9.17) is 0 Å². The molecule has 0 atom stereocenters. The minimum atomic E-state index is -0.465. The first kappa shape index (κ1) is 17.5. The van der Waals surface area contributed by atoms with Crippen LogP contribution in [0.5, 0.6) is 0 Å². The molecule has 3 aromatic rings. The Morgan fingerprint density at radius 2 is 1.96 bits per heavy atom. The first-order valence-corrected chi connectivity index (χ1v) is 9.30. The van der Waals surface area contributed by atoms with Gasteiger partial charge in [-0.05, 0) is 18.9 Å². The highest BCUT2D eigenvalue weighted by Gasteiger charge is 2.24. The molecule has 1 N–H and O–H groups in total. The topological polar surface area (TPSA) is 93.0 Å². The molecule has 0 spiro atoms. The van der Waals surface area contributed by atoms with Crippen molar-refractivity contribution < 1.29 is 4.79 Å². The minimum Gasteiger partial charge on any atom is -0.347 e. The number of hydrogen-bond acceptors (Lipinski definition) is 4. The van der Waals surface area contributed by atoms with Crippen LogP contribution in [0.4, 0.5) is 0 Å². The maximum atomic E-state index is 13.4. The summed E-state index contributed by atoms with van der Waals surface area (Å²) in [4.78, 5) is 47.3. The van der Waals surface area contributed by atoms with E-state index in [0.29, 0.717) is 16.6 Å². The number of pyridine rings is 1. The van der Waals surface area contributed by atoms with Crippen molar-refractivity contribution in [3.63, 3.8) is 0 Å². The van der Waals surface area contributed by atoms with E-state index in [-0.39, 0.29) is 18.5 Å². The van der Waals surface area contributed by atoms with Crippen LogP contribution in [0.15, 0.2) is 28.0 Å². The van der Waals surface area contributed by atoms with E-state index >= 15 is 0 Å². The van der Waals surface area contributed by atoms with Crippen molar-refractivity contribution in [3.8, 4) is 0 Å². The number of nitrogens with one attached hydrogen (secondary N) is 1. The summed E-state index contributed by atoms with van der Waals surface area (Å²) in [6.45, 7) is -0.265. The van der Waals surface area contributed by atoms with Crippen molar-refractivity contribution in [1.82, 2.24) is 24.0 Å². The molecule has 0 saturated heterocycles. The largest absolute Gasteiger partial charge is 0.347 e. The molecule has 3 aromatic heterocycles. The van der Waals surface area contributed by atoms with Gasteiger partial charge in [0.2, 0.25) is 5.91 Å².